The van der Waals surface area contributed by atoms with Crippen LogP contribution in [0.3, 0.4) is 0 Å². The maximum absolute atomic E-state index is 11.4. The van der Waals surface area contributed by atoms with Crippen molar-refractivity contribution in [1.82, 2.24) is 10.6 Å². The van der Waals surface area contributed by atoms with Crippen molar-refractivity contribution in [2.45, 2.75) is 19.8 Å². The van der Waals surface area contributed by atoms with Gasteiger partial charge in [0, 0.05) is 25.1 Å². The number of amides is 1. The van der Waals surface area contributed by atoms with Gasteiger partial charge < -0.3 is 15.4 Å². The van der Waals surface area contributed by atoms with Crippen LogP contribution < -0.4 is 15.4 Å². The zero-order valence-electron chi connectivity index (χ0n) is 12.5. The van der Waals surface area contributed by atoms with E-state index < -0.39 is 0 Å². The first-order valence-corrected chi connectivity index (χ1v) is 6.78. The number of Topliss-reactive ketones (excluding diaryl/α,β-unsaturated/α-hetero) is 1. The summed E-state index contributed by atoms with van der Waals surface area (Å²) in [6.45, 7) is 3.38. The highest BCUT2D eigenvalue weighted by Gasteiger charge is 2.03. The average Bonchev–Trinajstić information content (AvgIpc) is 2.44. The summed E-state index contributed by atoms with van der Waals surface area (Å²) >= 11 is 0. The molecule has 0 fully saturated rings. The van der Waals surface area contributed by atoms with Crippen LogP contribution in [0.4, 0.5) is 0 Å². The summed E-state index contributed by atoms with van der Waals surface area (Å²) in [4.78, 5) is 22.7. The standard InChI is InChI=1S/C15H22N2O3.ClH/c1-12(18)13-5-3-6-14(11-13)20-10-4-7-15(19)17-9-8-16-2;/h3,5-6,11,16H,4,7-10H2,1-2H3,(H,17,19);1H. The molecule has 118 valence electrons. The van der Waals surface area contributed by atoms with Crippen LogP contribution in [0.1, 0.15) is 30.1 Å². The minimum Gasteiger partial charge on any atom is -0.494 e. The lowest BCUT2D eigenvalue weighted by atomic mass is 10.1. The molecule has 0 aliphatic carbocycles. The van der Waals surface area contributed by atoms with Gasteiger partial charge in [-0.1, -0.05) is 12.1 Å². The van der Waals surface area contributed by atoms with E-state index in [4.69, 9.17) is 4.74 Å². The number of likely N-dealkylation sites (N-methyl/N-ethyl adjacent to an activating group) is 1. The zero-order chi connectivity index (χ0) is 14.8. The van der Waals surface area contributed by atoms with Crippen LogP contribution in [-0.4, -0.2) is 38.4 Å². The highest BCUT2D eigenvalue weighted by Crippen LogP contribution is 2.14. The summed E-state index contributed by atoms with van der Waals surface area (Å²) < 4.78 is 5.53. The number of nitrogens with one attached hydrogen (secondary N) is 2. The van der Waals surface area contributed by atoms with Crippen LogP contribution in [-0.2, 0) is 4.79 Å². The maximum atomic E-state index is 11.4. The number of rotatable bonds is 9. The second-order valence-corrected chi connectivity index (χ2v) is 4.49. The van der Waals surface area contributed by atoms with E-state index in [2.05, 4.69) is 10.6 Å². The van der Waals surface area contributed by atoms with Crippen LogP contribution in [0.15, 0.2) is 24.3 Å². The molecule has 0 unspecified atom stereocenters. The SMILES string of the molecule is CNCCNC(=O)CCCOc1cccc(C(C)=O)c1.Cl. The maximum Gasteiger partial charge on any atom is 0.220 e. The summed E-state index contributed by atoms with van der Waals surface area (Å²) in [6, 6.07) is 7.07. The quantitative estimate of drug-likeness (QED) is 0.539. The van der Waals surface area contributed by atoms with Crippen LogP contribution in [0.5, 0.6) is 5.75 Å². The lowest BCUT2D eigenvalue weighted by Crippen LogP contribution is -2.30. The summed E-state index contributed by atoms with van der Waals surface area (Å²) in [5, 5.41) is 5.76. The van der Waals surface area contributed by atoms with Gasteiger partial charge in [0.1, 0.15) is 5.75 Å². The van der Waals surface area contributed by atoms with Crippen molar-refractivity contribution < 1.29 is 14.3 Å². The number of benzene rings is 1. The van der Waals surface area contributed by atoms with Gasteiger partial charge in [-0.25, -0.2) is 0 Å². The van der Waals surface area contributed by atoms with E-state index in [0.29, 0.717) is 37.3 Å². The average molecular weight is 315 g/mol. The molecule has 2 N–H and O–H groups in total. The van der Waals surface area contributed by atoms with Crippen LogP contribution in [0.25, 0.3) is 0 Å². The van der Waals surface area contributed by atoms with Gasteiger partial charge in [0.25, 0.3) is 0 Å². The Hall–Kier alpha value is -1.59. The van der Waals surface area contributed by atoms with E-state index in [9.17, 15) is 9.59 Å². The van der Waals surface area contributed by atoms with Gasteiger partial charge in [-0.05, 0) is 32.5 Å². The normalized spacial score (nSPS) is 9.62. The summed E-state index contributed by atoms with van der Waals surface area (Å²) in [6.07, 6.45) is 1.09. The van der Waals surface area contributed by atoms with Gasteiger partial charge in [0.15, 0.2) is 5.78 Å². The van der Waals surface area contributed by atoms with Crippen molar-refractivity contribution in [2.75, 3.05) is 26.7 Å². The van der Waals surface area contributed by atoms with Crippen molar-refractivity contribution in [1.29, 1.82) is 0 Å². The van der Waals surface area contributed by atoms with Gasteiger partial charge in [-0.3, -0.25) is 9.59 Å². The molecule has 0 bridgehead atoms. The van der Waals surface area contributed by atoms with E-state index in [1.807, 2.05) is 7.05 Å². The third kappa shape index (κ3) is 8.32. The van der Waals surface area contributed by atoms with Crippen LogP contribution >= 0.6 is 12.4 Å². The molecule has 21 heavy (non-hydrogen) atoms. The molecule has 6 heteroatoms. The van der Waals surface area contributed by atoms with Crippen molar-refractivity contribution >= 4 is 24.1 Å². The Morgan fingerprint density at radius 3 is 2.67 bits per heavy atom. The zero-order valence-corrected chi connectivity index (χ0v) is 13.3. The lowest BCUT2D eigenvalue weighted by Gasteiger charge is -2.07. The number of halogens is 1. The first-order valence-electron chi connectivity index (χ1n) is 6.78. The topological polar surface area (TPSA) is 67.4 Å². The predicted molar refractivity (Wildman–Crippen MR) is 85.4 cm³/mol. The van der Waals surface area contributed by atoms with Gasteiger partial charge >= 0.3 is 0 Å². The molecule has 0 saturated heterocycles. The molecular weight excluding hydrogens is 292 g/mol. The molecule has 1 aromatic carbocycles. The second-order valence-electron chi connectivity index (χ2n) is 4.49. The molecule has 0 spiro atoms. The highest BCUT2D eigenvalue weighted by molar-refractivity contribution is 5.94. The minimum atomic E-state index is 0. The number of carbonyl (C=O) groups is 2. The van der Waals surface area contributed by atoms with Crippen molar-refractivity contribution in [3.8, 4) is 5.75 Å². The number of carbonyl (C=O) groups excluding carboxylic acids is 2. The molecule has 0 heterocycles. The van der Waals surface area contributed by atoms with E-state index in [1.165, 1.54) is 6.92 Å². The first-order chi connectivity index (χ1) is 9.63. The fourth-order valence-electron chi connectivity index (χ4n) is 1.64. The Kier molecular flexibility index (Phi) is 10.3. The molecule has 5 nitrogen and oxygen atoms in total. The van der Waals surface area contributed by atoms with Crippen molar-refractivity contribution in [3.63, 3.8) is 0 Å². The number of hydrogen-bond acceptors (Lipinski definition) is 4. The Bertz CT molecular complexity index is 452. The smallest absolute Gasteiger partial charge is 0.220 e. The van der Waals surface area contributed by atoms with E-state index in [0.717, 1.165) is 6.54 Å². The molecule has 0 radical (unpaired) electrons. The van der Waals surface area contributed by atoms with E-state index in [-0.39, 0.29) is 24.1 Å². The molecule has 1 amide bonds. The largest absolute Gasteiger partial charge is 0.494 e. The highest BCUT2D eigenvalue weighted by atomic mass is 35.5. The van der Waals surface area contributed by atoms with Gasteiger partial charge in [-0.2, -0.15) is 0 Å². The Morgan fingerprint density at radius 1 is 1.24 bits per heavy atom. The molecule has 0 aliphatic heterocycles. The van der Waals surface area contributed by atoms with E-state index in [1.54, 1.807) is 24.3 Å². The summed E-state index contributed by atoms with van der Waals surface area (Å²) in [7, 11) is 1.84. The third-order valence-corrected chi connectivity index (χ3v) is 2.75. The Balaban J connectivity index is 0.00000400. The molecule has 0 aliphatic rings. The number of ether oxygens (including phenoxy) is 1. The van der Waals surface area contributed by atoms with E-state index >= 15 is 0 Å². The fraction of sp³-hybridized carbons (Fsp3) is 0.467. The van der Waals surface area contributed by atoms with Crippen molar-refractivity contribution in [3.05, 3.63) is 29.8 Å². The number of hydrogen-bond donors (Lipinski definition) is 2. The van der Waals surface area contributed by atoms with Gasteiger partial charge in [-0.15, -0.1) is 12.4 Å². The summed E-state index contributed by atoms with van der Waals surface area (Å²) in [5.74, 6) is 0.703. The van der Waals surface area contributed by atoms with Gasteiger partial charge in [0.05, 0.1) is 6.61 Å². The first kappa shape index (κ1) is 19.4. The van der Waals surface area contributed by atoms with Crippen LogP contribution in [0, 0.1) is 0 Å². The lowest BCUT2D eigenvalue weighted by molar-refractivity contribution is -0.121. The molecule has 1 aromatic rings. The molecule has 0 aromatic heterocycles. The Labute approximate surface area is 131 Å². The van der Waals surface area contributed by atoms with Gasteiger partial charge in [0.2, 0.25) is 5.91 Å². The molecule has 0 saturated carbocycles. The van der Waals surface area contributed by atoms with Crippen molar-refractivity contribution in [2.24, 2.45) is 0 Å². The fourth-order valence-corrected chi connectivity index (χ4v) is 1.64. The third-order valence-electron chi connectivity index (χ3n) is 2.75. The minimum absolute atomic E-state index is 0. The predicted octanol–water partition coefficient (Wildman–Crippen LogP) is 1.81. The molecule has 0 atom stereocenters. The molecular formula is C15H23ClN2O3. The summed E-state index contributed by atoms with van der Waals surface area (Å²) in [5.41, 5.74) is 0.632. The second kappa shape index (κ2) is 11.1. The van der Waals surface area contributed by atoms with Crippen LogP contribution in [0.2, 0.25) is 0 Å². The number of ketones is 1. The monoisotopic (exact) mass is 314 g/mol. The molecule has 1 rings (SSSR count). The Morgan fingerprint density at radius 2 is 2.00 bits per heavy atom.